The summed E-state index contributed by atoms with van der Waals surface area (Å²) in [4.78, 5) is 0.994. The van der Waals surface area contributed by atoms with Gasteiger partial charge in [-0.2, -0.15) is 5.26 Å². The lowest BCUT2D eigenvalue weighted by atomic mass is 10.2. The number of nitrogens with zero attached hydrogens (tertiary/aromatic N) is 1. The lowest BCUT2D eigenvalue weighted by Gasteiger charge is -2.03. The van der Waals surface area contributed by atoms with Crippen LogP contribution in [-0.4, -0.2) is 5.75 Å². The Morgan fingerprint density at radius 1 is 1.50 bits per heavy atom. The molecule has 0 amide bonds. The molecule has 14 heavy (non-hydrogen) atoms. The fraction of sp³-hybridized carbons (Fsp3) is 0.364. The van der Waals surface area contributed by atoms with Crippen LogP contribution >= 0.6 is 23.4 Å². The Bertz CT molecular complexity index is 344. The second-order valence-electron chi connectivity index (χ2n) is 2.93. The Morgan fingerprint density at radius 2 is 2.29 bits per heavy atom. The smallest absolute Gasteiger partial charge is 0.102 e. The third-order valence-electron chi connectivity index (χ3n) is 1.84. The Balaban J connectivity index is 2.76. The van der Waals surface area contributed by atoms with Crippen LogP contribution in [0.3, 0.4) is 0 Å². The molecule has 0 heterocycles. The molecule has 0 fully saturated rings. The zero-order valence-corrected chi connectivity index (χ0v) is 9.66. The molecular weight excluding hydrogens is 214 g/mol. The van der Waals surface area contributed by atoms with E-state index >= 15 is 0 Å². The molecular formula is C11H12ClNS. The van der Waals surface area contributed by atoms with Gasteiger partial charge in [0.2, 0.25) is 0 Å². The van der Waals surface area contributed by atoms with Crippen molar-refractivity contribution in [3.05, 3.63) is 28.8 Å². The second kappa shape index (κ2) is 5.95. The summed E-state index contributed by atoms with van der Waals surface area (Å²) in [5, 5.41) is 9.46. The van der Waals surface area contributed by atoms with Crippen molar-refractivity contribution < 1.29 is 0 Å². The number of nitriles is 1. The third kappa shape index (κ3) is 2.94. The lowest BCUT2D eigenvalue weighted by Crippen LogP contribution is -1.84. The second-order valence-corrected chi connectivity index (χ2v) is 4.47. The number of rotatable bonds is 4. The molecule has 0 aromatic heterocycles. The number of unbranched alkanes of at least 4 members (excludes halogenated alkanes) is 1. The quantitative estimate of drug-likeness (QED) is 0.569. The summed E-state index contributed by atoms with van der Waals surface area (Å²) < 4.78 is 0. The molecule has 0 spiro atoms. The SMILES string of the molecule is CCCCSc1cccc(Cl)c1C#N. The summed E-state index contributed by atoms with van der Waals surface area (Å²) in [6, 6.07) is 7.73. The molecule has 1 rings (SSSR count). The molecule has 1 nitrogen and oxygen atoms in total. The van der Waals surface area contributed by atoms with Gasteiger partial charge in [-0.3, -0.25) is 0 Å². The third-order valence-corrected chi connectivity index (χ3v) is 3.30. The first-order chi connectivity index (χ1) is 6.79. The number of hydrogen-bond acceptors (Lipinski definition) is 2. The largest absolute Gasteiger partial charge is 0.192 e. The predicted octanol–water partition coefficient (Wildman–Crippen LogP) is 4.10. The molecule has 74 valence electrons. The van der Waals surface area contributed by atoms with Gasteiger partial charge >= 0.3 is 0 Å². The van der Waals surface area contributed by atoms with Gasteiger partial charge in [-0.1, -0.05) is 31.0 Å². The Hall–Kier alpha value is -0.650. The molecule has 0 N–H and O–H groups in total. The number of halogens is 1. The Labute approximate surface area is 94.1 Å². The van der Waals surface area contributed by atoms with Crippen molar-refractivity contribution in [2.75, 3.05) is 5.75 Å². The van der Waals surface area contributed by atoms with Crippen molar-refractivity contribution in [3.63, 3.8) is 0 Å². The van der Waals surface area contributed by atoms with Crippen molar-refractivity contribution in [2.45, 2.75) is 24.7 Å². The molecule has 0 radical (unpaired) electrons. The van der Waals surface area contributed by atoms with Crippen molar-refractivity contribution >= 4 is 23.4 Å². The minimum atomic E-state index is 0.550. The fourth-order valence-electron chi connectivity index (χ4n) is 1.06. The van der Waals surface area contributed by atoms with Gasteiger partial charge in [-0.05, 0) is 24.3 Å². The van der Waals surface area contributed by atoms with Crippen LogP contribution in [0, 0.1) is 11.3 Å². The number of thioether (sulfide) groups is 1. The maximum Gasteiger partial charge on any atom is 0.102 e. The van der Waals surface area contributed by atoms with Gasteiger partial charge in [0.05, 0.1) is 10.6 Å². The first-order valence-corrected chi connectivity index (χ1v) is 5.97. The minimum Gasteiger partial charge on any atom is -0.192 e. The van der Waals surface area contributed by atoms with Crippen LogP contribution in [-0.2, 0) is 0 Å². The first-order valence-electron chi connectivity index (χ1n) is 4.61. The van der Waals surface area contributed by atoms with Gasteiger partial charge in [-0.15, -0.1) is 11.8 Å². The molecule has 0 atom stereocenters. The highest BCUT2D eigenvalue weighted by molar-refractivity contribution is 7.99. The highest BCUT2D eigenvalue weighted by atomic mass is 35.5. The van der Waals surface area contributed by atoms with E-state index in [4.69, 9.17) is 16.9 Å². The highest BCUT2D eigenvalue weighted by Gasteiger charge is 2.05. The molecule has 1 aromatic rings. The van der Waals surface area contributed by atoms with Crippen molar-refractivity contribution in [1.82, 2.24) is 0 Å². The summed E-state index contributed by atoms with van der Waals surface area (Å²) in [6.45, 7) is 2.16. The van der Waals surface area contributed by atoms with Gasteiger partial charge in [0, 0.05) is 4.90 Å². The van der Waals surface area contributed by atoms with Gasteiger partial charge < -0.3 is 0 Å². The standard InChI is InChI=1S/C11H12ClNS/c1-2-3-7-14-11-6-4-5-10(12)9(11)8-13/h4-6H,2-3,7H2,1H3. The van der Waals surface area contributed by atoms with E-state index in [0.29, 0.717) is 10.6 Å². The molecule has 0 unspecified atom stereocenters. The topological polar surface area (TPSA) is 23.8 Å². The fourth-order valence-corrected chi connectivity index (χ4v) is 2.46. The number of benzene rings is 1. The van der Waals surface area contributed by atoms with Crippen molar-refractivity contribution in [1.29, 1.82) is 5.26 Å². The first kappa shape index (κ1) is 11.4. The van der Waals surface area contributed by atoms with E-state index in [-0.39, 0.29) is 0 Å². The molecule has 0 saturated heterocycles. The van der Waals surface area contributed by atoms with E-state index in [1.807, 2.05) is 12.1 Å². The van der Waals surface area contributed by atoms with Crippen LogP contribution in [0.2, 0.25) is 5.02 Å². The number of hydrogen-bond donors (Lipinski definition) is 0. The summed E-state index contributed by atoms with van der Waals surface area (Å²) >= 11 is 7.61. The van der Waals surface area contributed by atoms with E-state index in [1.54, 1.807) is 17.8 Å². The molecule has 1 aromatic carbocycles. The zero-order chi connectivity index (χ0) is 10.4. The van der Waals surface area contributed by atoms with Crippen LogP contribution in [0.15, 0.2) is 23.1 Å². The monoisotopic (exact) mass is 225 g/mol. The molecule has 3 heteroatoms. The van der Waals surface area contributed by atoms with Crippen LogP contribution in [0.4, 0.5) is 0 Å². The summed E-state index contributed by atoms with van der Waals surface area (Å²) in [5.74, 6) is 1.05. The van der Waals surface area contributed by atoms with Crippen LogP contribution in [0.25, 0.3) is 0 Å². The molecule has 0 aliphatic rings. The summed E-state index contributed by atoms with van der Waals surface area (Å²) in [5.41, 5.74) is 0.607. The maximum absolute atomic E-state index is 8.91. The van der Waals surface area contributed by atoms with Crippen LogP contribution in [0.1, 0.15) is 25.3 Å². The van der Waals surface area contributed by atoms with Gasteiger partial charge in [0.15, 0.2) is 0 Å². The summed E-state index contributed by atoms with van der Waals surface area (Å²) in [6.07, 6.45) is 2.34. The normalized spacial score (nSPS) is 9.79. The van der Waals surface area contributed by atoms with Crippen molar-refractivity contribution in [3.8, 4) is 6.07 Å². The molecule has 0 saturated carbocycles. The molecule has 0 bridgehead atoms. The Morgan fingerprint density at radius 3 is 2.93 bits per heavy atom. The van der Waals surface area contributed by atoms with E-state index < -0.39 is 0 Å². The summed E-state index contributed by atoms with van der Waals surface area (Å²) in [7, 11) is 0. The average molecular weight is 226 g/mol. The molecule has 0 aliphatic heterocycles. The van der Waals surface area contributed by atoms with Gasteiger partial charge in [-0.25, -0.2) is 0 Å². The maximum atomic E-state index is 8.91. The average Bonchev–Trinajstić information content (AvgIpc) is 2.18. The van der Waals surface area contributed by atoms with Gasteiger partial charge in [0.1, 0.15) is 6.07 Å². The van der Waals surface area contributed by atoms with E-state index in [1.165, 1.54) is 12.8 Å². The van der Waals surface area contributed by atoms with Crippen LogP contribution < -0.4 is 0 Å². The zero-order valence-electron chi connectivity index (χ0n) is 8.09. The van der Waals surface area contributed by atoms with E-state index in [2.05, 4.69) is 13.0 Å². The minimum absolute atomic E-state index is 0.550. The van der Waals surface area contributed by atoms with E-state index in [0.717, 1.165) is 10.6 Å². The van der Waals surface area contributed by atoms with E-state index in [9.17, 15) is 0 Å². The highest BCUT2D eigenvalue weighted by Crippen LogP contribution is 2.28. The van der Waals surface area contributed by atoms with Crippen LogP contribution in [0.5, 0.6) is 0 Å². The van der Waals surface area contributed by atoms with Gasteiger partial charge in [0.25, 0.3) is 0 Å². The predicted molar refractivity (Wildman–Crippen MR) is 61.8 cm³/mol. The lowest BCUT2D eigenvalue weighted by molar-refractivity contribution is 0.896. The molecule has 0 aliphatic carbocycles. The van der Waals surface area contributed by atoms with Crippen molar-refractivity contribution in [2.24, 2.45) is 0 Å². The Kier molecular flexibility index (Phi) is 4.86.